The molecular weight excluding hydrogens is 494 g/mol. The van der Waals surface area contributed by atoms with E-state index in [1.54, 1.807) is 0 Å². The van der Waals surface area contributed by atoms with Gasteiger partial charge in [0.1, 0.15) is 12.7 Å². The normalized spacial score (nSPS) is 41.1. The number of aliphatic hydroxyl groups is 1. The number of fused-ring (bicyclic) bond motifs is 1. The topological polar surface area (TPSA) is 76.4 Å². The molecule has 2 heterocycles. The van der Waals surface area contributed by atoms with Crippen molar-refractivity contribution in [3.05, 3.63) is 0 Å². The van der Waals surface area contributed by atoms with Gasteiger partial charge < -0.3 is 10.4 Å². The second-order valence-corrected chi connectivity index (χ2v) is 14.9. The van der Waals surface area contributed by atoms with Crippen LogP contribution in [0.4, 0.5) is 0 Å². The first kappa shape index (κ1) is 30.6. The Morgan fingerprint density at radius 3 is 2.45 bits per heavy atom. The van der Waals surface area contributed by atoms with Crippen LogP contribution in [0.2, 0.25) is 0 Å². The number of carbonyl (C=O) groups is 1. The molecule has 8 heteroatoms. The molecule has 2 aliphatic carbocycles. The van der Waals surface area contributed by atoms with E-state index in [9.17, 15) is 9.90 Å². The molecule has 0 spiro atoms. The number of nitrogens with one attached hydrogen (secondary N) is 3. The van der Waals surface area contributed by atoms with Crippen LogP contribution in [-0.2, 0) is 4.79 Å². The highest BCUT2D eigenvalue weighted by Gasteiger charge is 2.70. The van der Waals surface area contributed by atoms with Crippen LogP contribution in [0.15, 0.2) is 0 Å². The number of amides is 1. The summed E-state index contributed by atoms with van der Waals surface area (Å²) < 4.78 is 0.998. The van der Waals surface area contributed by atoms with Gasteiger partial charge in [-0.1, -0.05) is 45.0 Å². The molecule has 4 rings (SSSR count). The van der Waals surface area contributed by atoms with Crippen molar-refractivity contribution in [3.8, 4) is 0 Å². The van der Waals surface area contributed by atoms with Crippen LogP contribution < -0.4 is 16.0 Å². The molecule has 0 aromatic heterocycles. The molecule has 220 valence electrons. The Labute approximate surface area is 237 Å². The summed E-state index contributed by atoms with van der Waals surface area (Å²) in [5, 5.41) is 24.3. The lowest BCUT2D eigenvalue weighted by molar-refractivity contribution is -0.847. The number of thioether (sulfide) groups is 1. The average molecular weight is 553 g/mol. The molecule has 0 aromatic rings. The maximum Gasteiger partial charge on any atom is 0.264 e. The van der Waals surface area contributed by atoms with Gasteiger partial charge in [0.15, 0.2) is 0 Å². The van der Waals surface area contributed by atoms with E-state index in [0.29, 0.717) is 30.5 Å². The van der Waals surface area contributed by atoms with Crippen LogP contribution in [0, 0.1) is 17.8 Å². The summed E-state index contributed by atoms with van der Waals surface area (Å²) in [6, 6.07) is 1.00. The van der Waals surface area contributed by atoms with Gasteiger partial charge in [-0.25, -0.2) is 9.91 Å². The van der Waals surface area contributed by atoms with Crippen molar-refractivity contribution in [2.75, 3.05) is 26.0 Å². The minimum atomic E-state index is -0.562. The summed E-state index contributed by atoms with van der Waals surface area (Å²) in [5.74, 6) is 2.96. The number of hydrogen-bond acceptors (Lipinski definition) is 6. The van der Waals surface area contributed by atoms with Crippen molar-refractivity contribution in [1.29, 1.82) is 0 Å². The van der Waals surface area contributed by atoms with Gasteiger partial charge in [-0.2, -0.15) is 11.8 Å². The fourth-order valence-corrected chi connectivity index (χ4v) is 9.26. The van der Waals surface area contributed by atoms with Crippen LogP contribution in [-0.4, -0.2) is 81.9 Å². The zero-order valence-electron chi connectivity index (χ0n) is 25.2. The SMILES string of the molecule is CCCCSC1CC(NC2CC[N+]3(C)C(NC4CC(C(=O)NC(C)(C)CO)CCC4CC)N23)CCC1CC. The Hall–Kier alpha value is -0.380. The first-order valence-electron chi connectivity index (χ1n) is 15.9. The van der Waals surface area contributed by atoms with E-state index >= 15 is 0 Å². The fraction of sp³-hybridized carbons (Fsp3) is 0.967. The number of carbonyl (C=O) groups excluding carboxylic acids is 1. The van der Waals surface area contributed by atoms with E-state index < -0.39 is 5.54 Å². The lowest BCUT2D eigenvalue weighted by Crippen LogP contribution is -2.53. The van der Waals surface area contributed by atoms with Crippen molar-refractivity contribution in [1.82, 2.24) is 21.0 Å². The van der Waals surface area contributed by atoms with Crippen LogP contribution in [0.3, 0.4) is 0 Å². The number of aliphatic hydroxyl groups excluding tert-OH is 1. The molecule has 4 fully saturated rings. The van der Waals surface area contributed by atoms with Crippen LogP contribution >= 0.6 is 11.8 Å². The van der Waals surface area contributed by atoms with Crippen molar-refractivity contribution in [2.45, 2.75) is 141 Å². The summed E-state index contributed by atoms with van der Waals surface area (Å²) in [6.45, 7) is 11.9. The van der Waals surface area contributed by atoms with E-state index in [2.05, 4.69) is 60.5 Å². The molecule has 2 aliphatic heterocycles. The molecule has 10 unspecified atom stereocenters. The van der Waals surface area contributed by atoms with E-state index in [-0.39, 0.29) is 18.4 Å². The third-order valence-corrected chi connectivity index (χ3v) is 11.8. The predicted molar refractivity (Wildman–Crippen MR) is 158 cm³/mol. The number of nitrogens with zero attached hydrogens (tertiary/aromatic N) is 2. The minimum Gasteiger partial charge on any atom is -0.394 e. The molecule has 10 atom stereocenters. The van der Waals surface area contributed by atoms with Crippen LogP contribution in [0.25, 0.3) is 0 Å². The van der Waals surface area contributed by atoms with Gasteiger partial charge in [-0.15, -0.1) is 0 Å². The highest BCUT2D eigenvalue weighted by molar-refractivity contribution is 7.99. The van der Waals surface area contributed by atoms with E-state index in [4.69, 9.17) is 0 Å². The Morgan fingerprint density at radius 1 is 1.03 bits per heavy atom. The van der Waals surface area contributed by atoms with Gasteiger partial charge >= 0.3 is 0 Å². The molecule has 7 nitrogen and oxygen atoms in total. The van der Waals surface area contributed by atoms with E-state index in [1.165, 1.54) is 57.2 Å². The van der Waals surface area contributed by atoms with Crippen molar-refractivity contribution >= 4 is 17.7 Å². The zero-order chi connectivity index (χ0) is 27.5. The third kappa shape index (κ3) is 6.91. The maximum atomic E-state index is 13.0. The van der Waals surface area contributed by atoms with Crippen molar-refractivity contribution in [3.63, 3.8) is 0 Å². The zero-order valence-corrected chi connectivity index (χ0v) is 26.0. The third-order valence-electron chi connectivity index (χ3n) is 10.2. The Bertz CT molecular complexity index is 784. The Balaban J connectivity index is 1.32. The molecule has 0 aromatic carbocycles. The molecule has 1 amide bonds. The number of quaternary nitrogens is 1. The first-order chi connectivity index (χ1) is 18.2. The van der Waals surface area contributed by atoms with Gasteiger partial charge in [0.05, 0.1) is 19.2 Å². The van der Waals surface area contributed by atoms with Gasteiger partial charge in [-0.3, -0.25) is 10.1 Å². The molecule has 2 saturated carbocycles. The smallest absolute Gasteiger partial charge is 0.264 e. The molecule has 0 radical (unpaired) electrons. The Kier molecular flexibility index (Phi) is 10.5. The summed E-state index contributed by atoms with van der Waals surface area (Å²) in [4.78, 5) is 13.0. The minimum absolute atomic E-state index is 0.0276. The largest absolute Gasteiger partial charge is 0.394 e. The molecular formula is C30H58N5O2S+. The average Bonchev–Trinajstić information content (AvgIpc) is 3.32. The fourth-order valence-electron chi connectivity index (χ4n) is 7.53. The molecule has 38 heavy (non-hydrogen) atoms. The number of unbranched alkanes of at least 4 members (excludes halogenated alkanes) is 1. The van der Waals surface area contributed by atoms with Gasteiger partial charge in [0, 0.05) is 29.7 Å². The summed E-state index contributed by atoms with van der Waals surface area (Å²) in [5.41, 5.74) is -0.562. The predicted octanol–water partition coefficient (Wildman–Crippen LogP) is 4.42. The van der Waals surface area contributed by atoms with E-state index in [0.717, 1.165) is 41.4 Å². The van der Waals surface area contributed by atoms with Gasteiger partial charge in [0.25, 0.3) is 6.29 Å². The van der Waals surface area contributed by atoms with Gasteiger partial charge in [0.2, 0.25) is 5.91 Å². The van der Waals surface area contributed by atoms with Crippen molar-refractivity contribution in [2.24, 2.45) is 17.8 Å². The second kappa shape index (κ2) is 13.1. The summed E-state index contributed by atoms with van der Waals surface area (Å²) >= 11 is 2.24. The summed E-state index contributed by atoms with van der Waals surface area (Å²) in [6.07, 6.45) is 14.1. The number of hydrogen-bond donors (Lipinski definition) is 4. The Morgan fingerprint density at radius 2 is 1.76 bits per heavy atom. The maximum absolute atomic E-state index is 13.0. The second-order valence-electron chi connectivity index (χ2n) is 13.6. The highest BCUT2D eigenvalue weighted by Crippen LogP contribution is 2.45. The molecule has 2 saturated heterocycles. The first-order valence-corrected chi connectivity index (χ1v) is 16.9. The molecule has 0 bridgehead atoms. The highest BCUT2D eigenvalue weighted by atomic mass is 32.2. The van der Waals surface area contributed by atoms with Crippen LogP contribution in [0.5, 0.6) is 0 Å². The van der Waals surface area contributed by atoms with E-state index in [1.807, 2.05) is 13.8 Å². The molecule has 4 N–H and O–H groups in total. The monoisotopic (exact) mass is 552 g/mol. The lowest BCUT2D eigenvalue weighted by atomic mass is 9.76. The van der Waals surface area contributed by atoms with Crippen molar-refractivity contribution < 1.29 is 14.5 Å². The summed E-state index contributed by atoms with van der Waals surface area (Å²) in [7, 11) is 2.38. The van der Waals surface area contributed by atoms with Gasteiger partial charge in [-0.05, 0) is 76.4 Å². The lowest BCUT2D eigenvalue weighted by Gasteiger charge is -2.37. The van der Waals surface area contributed by atoms with Crippen LogP contribution in [0.1, 0.15) is 105 Å². The molecule has 4 aliphatic rings. The standard InChI is InChI=1S/C30H57N5O2S/c1-7-10-17-38-26-19-24(14-13-22(26)9-3)31-27-15-16-35(6)29(34(27)35)32-25-18-23(12-11-21(25)8-2)28(37)33-30(4,5)20-36/h21-27,29,31-32,36H,7-20H2,1-6H3/p+1. The quantitative estimate of drug-likeness (QED) is 0.154. The number of rotatable bonds is 13.